The van der Waals surface area contributed by atoms with Crippen LogP contribution in [-0.4, -0.2) is 28.8 Å². The van der Waals surface area contributed by atoms with E-state index in [4.69, 9.17) is 5.26 Å². The third-order valence-electron chi connectivity index (χ3n) is 3.37. The summed E-state index contributed by atoms with van der Waals surface area (Å²) in [6.45, 7) is 1.01. The summed E-state index contributed by atoms with van der Waals surface area (Å²) < 4.78 is 0.206. The largest absolute Gasteiger partial charge is 0.339 e. The lowest BCUT2D eigenvalue weighted by Crippen LogP contribution is -2.38. The van der Waals surface area contributed by atoms with E-state index in [1.807, 2.05) is 0 Å². The molecule has 1 aliphatic rings. The van der Waals surface area contributed by atoms with E-state index in [2.05, 4.69) is 22.0 Å². The van der Waals surface area contributed by atoms with Crippen molar-refractivity contribution in [2.75, 3.05) is 13.1 Å². The monoisotopic (exact) mass is 337 g/mol. The number of hydrogen-bond acceptors (Lipinski definition) is 4. The van der Waals surface area contributed by atoms with Gasteiger partial charge in [-0.05, 0) is 34.8 Å². The van der Waals surface area contributed by atoms with Gasteiger partial charge in [0.1, 0.15) is 4.47 Å². The Morgan fingerprint density at radius 1 is 1.45 bits per heavy atom. The van der Waals surface area contributed by atoms with Gasteiger partial charge in [-0.25, -0.2) is 0 Å². The number of nitriles is 1. The van der Waals surface area contributed by atoms with Gasteiger partial charge in [-0.3, -0.25) is 14.9 Å². The molecule has 1 aromatic carbocycles. The molecule has 0 N–H and O–H groups in total. The standard InChI is InChI=1S/C13H12BrN3O3/c14-12-10(2-1-3-11(12)17(19)20)13(18)16-6-4-9(8-15)5-7-16/h1-3,9H,4-7H2. The van der Waals surface area contributed by atoms with Crippen LogP contribution in [0.5, 0.6) is 0 Å². The van der Waals surface area contributed by atoms with Gasteiger partial charge in [0.25, 0.3) is 11.6 Å². The highest BCUT2D eigenvalue weighted by Gasteiger charge is 2.27. The average molecular weight is 338 g/mol. The Balaban J connectivity index is 2.21. The highest BCUT2D eigenvalue weighted by atomic mass is 79.9. The first-order chi connectivity index (χ1) is 9.54. The number of hydrogen-bond donors (Lipinski definition) is 0. The van der Waals surface area contributed by atoms with Crippen LogP contribution in [0.1, 0.15) is 23.2 Å². The SMILES string of the molecule is N#CC1CCN(C(=O)c2cccc([N+](=O)[O-])c2Br)CC1. The predicted molar refractivity (Wildman–Crippen MR) is 75.0 cm³/mol. The van der Waals surface area contributed by atoms with Crippen molar-refractivity contribution in [1.82, 2.24) is 4.90 Å². The lowest BCUT2D eigenvalue weighted by atomic mass is 9.98. The van der Waals surface area contributed by atoms with Gasteiger partial charge in [0.2, 0.25) is 0 Å². The maximum Gasteiger partial charge on any atom is 0.284 e. The van der Waals surface area contributed by atoms with Crippen LogP contribution in [0.25, 0.3) is 0 Å². The molecule has 0 unspecified atom stereocenters. The van der Waals surface area contributed by atoms with Crippen molar-refractivity contribution in [1.29, 1.82) is 5.26 Å². The van der Waals surface area contributed by atoms with Gasteiger partial charge < -0.3 is 4.90 Å². The fourth-order valence-electron chi connectivity index (χ4n) is 2.21. The summed E-state index contributed by atoms with van der Waals surface area (Å²) in [5, 5.41) is 19.7. The first-order valence-corrected chi connectivity index (χ1v) is 6.95. The normalized spacial score (nSPS) is 15.7. The number of nitrogens with zero attached hydrogens (tertiary/aromatic N) is 3. The van der Waals surface area contributed by atoms with Gasteiger partial charge in [0, 0.05) is 25.1 Å². The molecule has 20 heavy (non-hydrogen) atoms. The number of rotatable bonds is 2. The molecule has 0 atom stereocenters. The van der Waals surface area contributed by atoms with Gasteiger partial charge in [0.05, 0.1) is 16.6 Å². The first-order valence-electron chi connectivity index (χ1n) is 6.16. The molecule has 0 aromatic heterocycles. The third-order valence-corrected chi connectivity index (χ3v) is 4.20. The second-order valence-corrected chi connectivity index (χ2v) is 5.38. The maximum atomic E-state index is 12.4. The molecule has 1 aromatic rings. The molecule has 0 saturated carbocycles. The zero-order chi connectivity index (χ0) is 14.7. The lowest BCUT2D eigenvalue weighted by molar-refractivity contribution is -0.385. The van der Waals surface area contributed by atoms with Crippen molar-refractivity contribution < 1.29 is 9.72 Å². The number of likely N-dealkylation sites (tertiary alicyclic amines) is 1. The molecule has 1 amide bonds. The van der Waals surface area contributed by atoms with Crippen LogP contribution in [0.4, 0.5) is 5.69 Å². The molecule has 104 valence electrons. The smallest absolute Gasteiger partial charge is 0.284 e. The number of carbonyl (C=O) groups excluding carboxylic acids is 1. The Kier molecular flexibility index (Phi) is 4.35. The van der Waals surface area contributed by atoms with E-state index in [0.29, 0.717) is 25.9 Å². The molecule has 1 heterocycles. The van der Waals surface area contributed by atoms with Crippen LogP contribution in [0.15, 0.2) is 22.7 Å². The van der Waals surface area contributed by atoms with E-state index in [0.717, 1.165) is 0 Å². The maximum absolute atomic E-state index is 12.4. The molecule has 1 fully saturated rings. The van der Waals surface area contributed by atoms with E-state index in [1.54, 1.807) is 11.0 Å². The number of halogens is 1. The molecule has 1 saturated heterocycles. The Hall–Kier alpha value is -1.94. The summed E-state index contributed by atoms with van der Waals surface area (Å²) in [5.41, 5.74) is 0.164. The van der Waals surface area contributed by atoms with Crippen molar-refractivity contribution in [2.45, 2.75) is 12.8 Å². The zero-order valence-electron chi connectivity index (χ0n) is 10.6. The van der Waals surface area contributed by atoms with Crippen molar-refractivity contribution >= 4 is 27.5 Å². The van der Waals surface area contributed by atoms with Gasteiger partial charge in [-0.15, -0.1) is 0 Å². The van der Waals surface area contributed by atoms with Gasteiger partial charge in [-0.1, -0.05) is 6.07 Å². The van der Waals surface area contributed by atoms with Crippen LogP contribution < -0.4 is 0 Å². The Bertz CT molecular complexity index is 589. The van der Waals surface area contributed by atoms with Crippen LogP contribution in [0.3, 0.4) is 0 Å². The highest BCUT2D eigenvalue weighted by Crippen LogP contribution is 2.30. The molecular weight excluding hydrogens is 326 g/mol. The van der Waals surface area contributed by atoms with Gasteiger partial charge in [-0.2, -0.15) is 5.26 Å². The number of benzene rings is 1. The van der Waals surface area contributed by atoms with Crippen LogP contribution >= 0.6 is 15.9 Å². The van der Waals surface area contributed by atoms with Crippen LogP contribution in [0, 0.1) is 27.4 Å². The third kappa shape index (κ3) is 2.80. The summed E-state index contributed by atoms with van der Waals surface area (Å²) in [6.07, 6.45) is 1.30. The number of carbonyl (C=O) groups is 1. The van der Waals surface area contributed by atoms with E-state index in [9.17, 15) is 14.9 Å². The van der Waals surface area contributed by atoms with E-state index in [1.165, 1.54) is 12.1 Å². The zero-order valence-corrected chi connectivity index (χ0v) is 12.2. The minimum atomic E-state index is -0.525. The van der Waals surface area contributed by atoms with Crippen LogP contribution in [-0.2, 0) is 0 Å². The minimum absolute atomic E-state index is 0.00685. The summed E-state index contributed by atoms with van der Waals surface area (Å²) >= 11 is 3.13. The Morgan fingerprint density at radius 3 is 2.65 bits per heavy atom. The number of nitro groups is 1. The molecule has 0 aliphatic carbocycles. The second kappa shape index (κ2) is 6.01. The molecule has 6 nitrogen and oxygen atoms in total. The number of nitro benzene ring substituents is 1. The Morgan fingerprint density at radius 2 is 2.10 bits per heavy atom. The fourth-order valence-corrected chi connectivity index (χ4v) is 2.79. The molecule has 0 bridgehead atoms. The molecule has 7 heteroatoms. The Labute approximate surface area is 124 Å². The molecule has 0 radical (unpaired) electrons. The summed E-state index contributed by atoms with van der Waals surface area (Å²) in [5.74, 6) is -0.246. The molecule has 0 spiro atoms. The predicted octanol–water partition coefficient (Wildman–Crippen LogP) is 2.73. The van der Waals surface area contributed by atoms with Crippen molar-refractivity contribution in [3.8, 4) is 6.07 Å². The summed E-state index contributed by atoms with van der Waals surface area (Å²) in [7, 11) is 0. The van der Waals surface area contributed by atoms with E-state index < -0.39 is 4.92 Å². The van der Waals surface area contributed by atoms with Crippen molar-refractivity contribution in [3.05, 3.63) is 38.3 Å². The summed E-state index contributed by atoms with van der Waals surface area (Å²) in [4.78, 5) is 24.4. The number of amides is 1. The average Bonchev–Trinajstić information content (AvgIpc) is 2.46. The number of piperidine rings is 1. The minimum Gasteiger partial charge on any atom is -0.339 e. The van der Waals surface area contributed by atoms with Crippen molar-refractivity contribution in [2.24, 2.45) is 5.92 Å². The van der Waals surface area contributed by atoms with Gasteiger partial charge >= 0.3 is 0 Å². The van der Waals surface area contributed by atoms with Crippen molar-refractivity contribution in [3.63, 3.8) is 0 Å². The lowest BCUT2D eigenvalue weighted by Gasteiger charge is -2.29. The fraction of sp³-hybridized carbons (Fsp3) is 0.385. The molecule has 2 rings (SSSR count). The first kappa shape index (κ1) is 14.5. The molecule has 1 aliphatic heterocycles. The second-order valence-electron chi connectivity index (χ2n) is 4.59. The topological polar surface area (TPSA) is 87.2 Å². The van der Waals surface area contributed by atoms with Gasteiger partial charge in [0.15, 0.2) is 0 Å². The molecular formula is C13H12BrN3O3. The quantitative estimate of drug-likeness (QED) is 0.613. The summed E-state index contributed by atoms with van der Waals surface area (Å²) in [6, 6.07) is 6.62. The highest BCUT2D eigenvalue weighted by molar-refractivity contribution is 9.10. The van der Waals surface area contributed by atoms with Crippen LogP contribution in [0.2, 0.25) is 0 Å². The van der Waals surface area contributed by atoms with E-state index in [-0.39, 0.29) is 27.5 Å². The van der Waals surface area contributed by atoms with E-state index >= 15 is 0 Å².